The van der Waals surface area contributed by atoms with Gasteiger partial charge in [-0.3, -0.25) is 14.4 Å². The van der Waals surface area contributed by atoms with Gasteiger partial charge in [0.15, 0.2) is 0 Å². The lowest BCUT2D eigenvalue weighted by Gasteiger charge is -2.14. The van der Waals surface area contributed by atoms with Crippen molar-refractivity contribution in [2.24, 2.45) is 0 Å². The van der Waals surface area contributed by atoms with Gasteiger partial charge < -0.3 is 10.2 Å². The van der Waals surface area contributed by atoms with Crippen LogP contribution in [0.2, 0.25) is 0 Å². The summed E-state index contributed by atoms with van der Waals surface area (Å²) in [5, 5.41) is 2.46. The van der Waals surface area contributed by atoms with E-state index < -0.39 is 11.7 Å². The fraction of sp³-hybridized carbons (Fsp3) is 0.267. The summed E-state index contributed by atoms with van der Waals surface area (Å²) in [6.45, 7) is 0.212. The lowest BCUT2D eigenvalue weighted by atomic mass is 10.2. The highest BCUT2D eigenvalue weighted by molar-refractivity contribution is 6.41. The molecule has 106 valence electrons. The molecule has 1 N–H and O–H groups in total. The highest BCUT2D eigenvalue weighted by Crippen LogP contribution is 2.01. The molecule has 20 heavy (non-hydrogen) atoms. The Hall–Kier alpha value is -2.43. The van der Waals surface area contributed by atoms with Crippen molar-refractivity contribution in [1.29, 1.82) is 0 Å². The molecule has 1 aromatic carbocycles. The zero-order chi connectivity index (χ0) is 15.0. The first kappa shape index (κ1) is 15.6. The number of hydrogen-bond donors (Lipinski definition) is 1. The van der Waals surface area contributed by atoms with E-state index in [1.807, 2.05) is 30.3 Å². The van der Waals surface area contributed by atoms with Crippen molar-refractivity contribution in [3.63, 3.8) is 0 Å². The van der Waals surface area contributed by atoms with Gasteiger partial charge in [0.25, 0.3) is 5.91 Å². The van der Waals surface area contributed by atoms with Crippen LogP contribution < -0.4 is 5.32 Å². The average molecular weight is 274 g/mol. The maximum Gasteiger partial charge on any atom is 0.294 e. The summed E-state index contributed by atoms with van der Waals surface area (Å²) in [6.07, 6.45) is 3.01. The third kappa shape index (κ3) is 5.06. The minimum Gasteiger partial charge on any atom is -0.359 e. The van der Waals surface area contributed by atoms with Crippen LogP contribution in [0.5, 0.6) is 0 Å². The lowest BCUT2D eigenvalue weighted by molar-refractivity contribution is -0.141. The van der Waals surface area contributed by atoms with Crippen molar-refractivity contribution in [2.45, 2.75) is 6.42 Å². The van der Waals surface area contributed by atoms with E-state index in [2.05, 4.69) is 5.32 Å². The van der Waals surface area contributed by atoms with Crippen LogP contribution in [0.15, 0.2) is 36.4 Å². The number of carbonyl (C=O) groups is 3. The average Bonchev–Trinajstić information content (AvgIpc) is 2.49. The second kappa shape index (κ2) is 7.89. The van der Waals surface area contributed by atoms with E-state index in [1.165, 1.54) is 25.1 Å². The number of ketones is 1. The molecule has 0 atom stereocenters. The summed E-state index contributed by atoms with van der Waals surface area (Å²) in [6, 6.07) is 9.24. The Kier molecular flexibility index (Phi) is 6.16. The first-order chi connectivity index (χ1) is 9.54. The maximum atomic E-state index is 11.8. The normalized spacial score (nSPS) is 10.3. The van der Waals surface area contributed by atoms with Crippen LogP contribution in [-0.4, -0.2) is 43.1 Å². The molecule has 0 aliphatic carbocycles. The lowest BCUT2D eigenvalue weighted by Crippen LogP contribution is -2.35. The maximum absolute atomic E-state index is 11.8. The van der Waals surface area contributed by atoms with Gasteiger partial charge in [-0.25, -0.2) is 0 Å². The number of rotatable bonds is 6. The standard InChI is InChI=1S/C15H18N2O3/c1-16-14(19)10-11-17(2)15(20)13(18)9-8-12-6-4-3-5-7-12/h3-9H,10-11H2,1-2H3,(H,16,19)/b9-8+. The van der Waals surface area contributed by atoms with Gasteiger partial charge in [-0.2, -0.15) is 0 Å². The Morgan fingerprint density at radius 2 is 1.85 bits per heavy atom. The second-order valence-electron chi connectivity index (χ2n) is 4.26. The molecule has 0 radical (unpaired) electrons. The molecule has 0 bridgehead atoms. The van der Waals surface area contributed by atoms with Gasteiger partial charge in [0, 0.05) is 27.1 Å². The zero-order valence-corrected chi connectivity index (χ0v) is 11.6. The van der Waals surface area contributed by atoms with E-state index in [9.17, 15) is 14.4 Å². The smallest absolute Gasteiger partial charge is 0.294 e. The van der Waals surface area contributed by atoms with Crippen molar-refractivity contribution in [3.05, 3.63) is 42.0 Å². The van der Waals surface area contributed by atoms with Crippen molar-refractivity contribution < 1.29 is 14.4 Å². The van der Waals surface area contributed by atoms with E-state index in [1.54, 1.807) is 6.08 Å². The van der Waals surface area contributed by atoms with E-state index in [-0.39, 0.29) is 18.9 Å². The first-order valence-electron chi connectivity index (χ1n) is 6.27. The molecule has 0 spiro atoms. The van der Waals surface area contributed by atoms with Crippen molar-refractivity contribution in [3.8, 4) is 0 Å². The number of amides is 2. The third-order valence-corrected chi connectivity index (χ3v) is 2.74. The monoisotopic (exact) mass is 274 g/mol. The molecule has 0 fully saturated rings. The summed E-state index contributed by atoms with van der Waals surface area (Å²) in [4.78, 5) is 35.8. The largest absolute Gasteiger partial charge is 0.359 e. The third-order valence-electron chi connectivity index (χ3n) is 2.74. The molecular formula is C15H18N2O3. The summed E-state index contributed by atoms with van der Waals surface area (Å²) >= 11 is 0. The summed E-state index contributed by atoms with van der Waals surface area (Å²) in [5.41, 5.74) is 0.849. The van der Waals surface area contributed by atoms with Crippen LogP contribution in [-0.2, 0) is 14.4 Å². The molecule has 1 aromatic rings. The van der Waals surface area contributed by atoms with E-state index in [4.69, 9.17) is 0 Å². The van der Waals surface area contributed by atoms with Crippen molar-refractivity contribution in [2.75, 3.05) is 20.6 Å². The Morgan fingerprint density at radius 3 is 2.45 bits per heavy atom. The zero-order valence-electron chi connectivity index (χ0n) is 11.6. The molecule has 5 heteroatoms. The van der Waals surface area contributed by atoms with Gasteiger partial charge in [-0.05, 0) is 11.6 Å². The Labute approximate surface area is 118 Å². The molecule has 0 saturated carbocycles. The van der Waals surface area contributed by atoms with E-state index in [0.29, 0.717) is 0 Å². The van der Waals surface area contributed by atoms with Crippen LogP contribution >= 0.6 is 0 Å². The van der Waals surface area contributed by atoms with Gasteiger partial charge in [-0.1, -0.05) is 36.4 Å². The van der Waals surface area contributed by atoms with E-state index in [0.717, 1.165) is 5.56 Å². The second-order valence-corrected chi connectivity index (χ2v) is 4.26. The van der Waals surface area contributed by atoms with Crippen molar-refractivity contribution >= 4 is 23.7 Å². The highest BCUT2D eigenvalue weighted by Gasteiger charge is 2.16. The fourth-order valence-corrected chi connectivity index (χ4v) is 1.49. The molecule has 0 aliphatic rings. The quantitative estimate of drug-likeness (QED) is 0.618. The van der Waals surface area contributed by atoms with Gasteiger partial charge in [0.2, 0.25) is 11.7 Å². The molecule has 2 amide bonds. The fourth-order valence-electron chi connectivity index (χ4n) is 1.49. The number of likely N-dealkylation sites (N-methyl/N-ethyl adjacent to an activating group) is 1. The topological polar surface area (TPSA) is 66.5 Å². The first-order valence-corrected chi connectivity index (χ1v) is 6.27. The molecule has 0 unspecified atom stereocenters. The molecule has 0 saturated heterocycles. The number of benzene rings is 1. The van der Waals surface area contributed by atoms with E-state index >= 15 is 0 Å². The molecule has 0 aromatic heterocycles. The van der Waals surface area contributed by atoms with Crippen LogP contribution in [0.1, 0.15) is 12.0 Å². The number of nitrogens with one attached hydrogen (secondary N) is 1. The molecule has 0 heterocycles. The summed E-state index contributed by atoms with van der Waals surface area (Å²) in [7, 11) is 3.03. The Balaban J connectivity index is 2.52. The van der Waals surface area contributed by atoms with Gasteiger partial charge in [0.1, 0.15) is 0 Å². The molecule has 0 aliphatic heterocycles. The van der Waals surface area contributed by atoms with Gasteiger partial charge in [-0.15, -0.1) is 0 Å². The number of nitrogens with zero attached hydrogens (tertiary/aromatic N) is 1. The van der Waals surface area contributed by atoms with Crippen LogP contribution in [0.3, 0.4) is 0 Å². The predicted molar refractivity (Wildman–Crippen MR) is 76.8 cm³/mol. The summed E-state index contributed by atoms with van der Waals surface area (Å²) in [5.74, 6) is -1.40. The predicted octanol–water partition coefficient (Wildman–Crippen LogP) is 0.863. The van der Waals surface area contributed by atoms with Crippen LogP contribution in [0.25, 0.3) is 6.08 Å². The van der Waals surface area contributed by atoms with Crippen LogP contribution in [0.4, 0.5) is 0 Å². The molecular weight excluding hydrogens is 256 g/mol. The highest BCUT2D eigenvalue weighted by atomic mass is 16.2. The van der Waals surface area contributed by atoms with Gasteiger partial charge >= 0.3 is 0 Å². The minimum atomic E-state index is -0.624. The Morgan fingerprint density at radius 1 is 1.20 bits per heavy atom. The molecule has 1 rings (SSSR count). The summed E-state index contributed by atoms with van der Waals surface area (Å²) < 4.78 is 0. The van der Waals surface area contributed by atoms with Gasteiger partial charge in [0.05, 0.1) is 0 Å². The number of carbonyl (C=O) groups excluding carboxylic acids is 3. The SMILES string of the molecule is CNC(=O)CCN(C)C(=O)C(=O)/C=C/c1ccccc1. The van der Waals surface area contributed by atoms with Crippen molar-refractivity contribution in [1.82, 2.24) is 10.2 Å². The Bertz CT molecular complexity index is 509. The molecule has 5 nitrogen and oxygen atoms in total. The van der Waals surface area contributed by atoms with Crippen LogP contribution in [0, 0.1) is 0 Å². The minimum absolute atomic E-state index is 0.170. The number of hydrogen-bond acceptors (Lipinski definition) is 3.